The highest BCUT2D eigenvalue weighted by Gasteiger charge is 2.38. The van der Waals surface area contributed by atoms with Gasteiger partial charge in [0.2, 0.25) is 17.7 Å². The molecule has 2 atom stereocenters. The van der Waals surface area contributed by atoms with Crippen LogP contribution < -0.4 is 16.4 Å². The number of carboxylic acids is 3. The van der Waals surface area contributed by atoms with Crippen molar-refractivity contribution in [3.8, 4) is 0 Å². The quantitative estimate of drug-likeness (QED) is 0.0468. The number of rotatable bonds is 19. The van der Waals surface area contributed by atoms with Crippen LogP contribution in [0.25, 0.3) is 0 Å². The summed E-state index contributed by atoms with van der Waals surface area (Å²) in [5.41, 5.74) is 6.03. The van der Waals surface area contributed by atoms with Crippen LogP contribution >= 0.6 is 0 Å². The van der Waals surface area contributed by atoms with Gasteiger partial charge in [0, 0.05) is 78.4 Å². The van der Waals surface area contributed by atoms with Crippen molar-refractivity contribution in [3.05, 3.63) is 0 Å². The fourth-order valence-electron chi connectivity index (χ4n) is 6.04. The SMILES string of the molecule is N[C@@H](CCCCNC(=O)CCCNC(=O)CN1CCN(CC(=O)O)CCN(CC(=O)O)CCN(CC(=O)O)CC1)C(=O)N1CCC[C@H]1B(O)O. The molecule has 0 saturated carbocycles. The number of hydrogen-bond acceptors (Lipinski definition) is 13. The lowest BCUT2D eigenvalue weighted by molar-refractivity contribution is -0.140. The van der Waals surface area contributed by atoms with Crippen molar-refractivity contribution in [1.29, 1.82) is 0 Å². The number of carbonyl (C=O) groups excluding carboxylic acids is 3. The second-order valence-electron chi connectivity index (χ2n) is 12.8. The van der Waals surface area contributed by atoms with Crippen molar-refractivity contribution >= 4 is 42.7 Å². The molecule has 9 N–H and O–H groups in total. The van der Waals surface area contributed by atoms with Crippen molar-refractivity contribution in [2.75, 3.05) is 98.2 Å². The van der Waals surface area contributed by atoms with Crippen molar-refractivity contribution < 1.29 is 54.1 Å². The molecule has 0 bridgehead atoms. The minimum atomic E-state index is -1.59. The van der Waals surface area contributed by atoms with E-state index in [1.807, 2.05) is 4.90 Å². The molecule has 2 aliphatic heterocycles. The van der Waals surface area contributed by atoms with Crippen LogP contribution in [-0.2, 0) is 28.8 Å². The third-order valence-electron chi connectivity index (χ3n) is 8.78. The van der Waals surface area contributed by atoms with Crippen molar-refractivity contribution in [2.45, 2.75) is 56.9 Å². The highest BCUT2D eigenvalue weighted by molar-refractivity contribution is 6.43. The summed E-state index contributed by atoms with van der Waals surface area (Å²) in [6, 6.07) is -0.751. The van der Waals surface area contributed by atoms with E-state index in [1.165, 1.54) is 4.90 Å². The first-order chi connectivity index (χ1) is 23.7. The number of amides is 3. The van der Waals surface area contributed by atoms with Gasteiger partial charge in [-0.1, -0.05) is 0 Å². The summed E-state index contributed by atoms with van der Waals surface area (Å²) in [6.45, 7) is 2.71. The number of likely N-dealkylation sites (tertiary alicyclic amines) is 1. The third-order valence-corrected chi connectivity index (χ3v) is 8.78. The number of unbranched alkanes of at least 4 members (excludes halogenated alkanes) is 1. The molecule has 20 heteroatoms. The molecule has 2 aliphatic rings. The zero-order valence-electron chi connectivity index (χ0n) is 28.8. The van der Waals surface area contributed by atoms with Crippen LogP contribution in [0.1, 0.15) is 44.9 Å². The van der Waals surface area contributed by atoms with E-state index in [4.69, 9.17) is 5.73 Å². The van der Waals surface area contributed by atoms with E-state index >= 15 is 0 Å². The Bertz CT molecular complexity index is 1090. The molecular formula is C30H55BN8O11. The van der Waals surface area contributed by atoms with Gasteiger partial charge in [0.25, 0.3) is 0 Å². The average Bonchev–Trinajstić information content (AvgIpc) is 3.53. The van der Waals surface area contributed by atoms with Crippen LogP contribution in [0.2, 0.25) is 0 Å². The molecule has 50 heavy (non-hydrogen) atoms. The molecule has 2 rings (SSSR count). The number of carboxylic acid groups (broad SMARTS) is 3. The summed E-state index contributed by atoms with van der Waals surface area (Å²) in [5.74, 6) is -4.51. The molecule has 2 fully saturated rings. The van der Waals surface area contributed by atoms with Gasteiger partial charge >= 0.3 is 25.0 Å². The highest BCUT2D eigenvalue weighted by Crippen LogP contribution is 2.19. The van der Waals surface area contributed by atoms with Crippen LogP contribution in [0.15, 0.2) is 0 Å². The Morgan fingerprint density at radius 1 is 0.640 bits per heavy atom. The van der Waals surface area contributed by atoms with E-state index in [2.05, 4.69) is 10.6 Å². The Kier molecular flexibility index (Phi) is 19.8. The predicted molar refractivity (Wildman–Crippen MR) is 181 cm³/mol. The maximum atomic E-state index is 12.8. The van der Waals surface area contributed by atoms with E-state index in [9.17, 15) is 54.1 Å². The number of nitrogens with one attached hydrogen (secondary N) is 2. The van der Waals surface area contributed by atoms with Gasteiger partial charge in [0.05, 0.1) is 38.2 Å². The van der Waals surface area contributed by atoms with Crippen LogP contribution in [0, 0.1) is 0 Å². The molecule has 0 aromatic heterocycles. The molecule has 0 spiro atoms. The zero-order chi connectivity index (χ0) is 37.1. The highest BCUT2D eigenvalue weighted by atomic mass is 16.4. The summed E-state index contributed by atoms with van der Waals surface area (Å²) in [4.78, 5) is 80.1. The monoisotopic (exact) mass is 714 g/mol. The lowest BCUT2D eigenvalue weighted by Gasteiger charge is -2.32. The Morgan fingerprint density at radius 3 is 1.54 bits per heavy atom. The van der Waals surface area contributed by atoms with Crippen molar-refractivity contribution in [3.63, 3.8) is 0 Å². The number of aliphatic carboxylic acids is 3. The van der Waals surface area contributed by atoms with E-state index in [0.29, 0.717) is 77.8 Å². The van der Waals surface area contributed by atoms with Gasteiger partial charge in [-0.05, 0) is 38.5 Å². The first kappa shape index (κ1) is 42.8. The van der Waals surface area contributed by atoms with Crippen LogP contribution in [0.4, 0.5) is 0 Å². The molecule has 284 valence electrons. The van der Waals surface area contributed by atoms with Crippen molar-refractivity contribution in [1.82, 2.24) is 35.1 Å². The fourth-order valence-corrected chi connectivity index (χ4v) is 6.04. The van der Waals surface area contributed by atoms with Gasteiger partial charge in [0.1, 0.15) is 0 Å². The lowest BCUT2D eigenvalue weighted by Crippen LogP contribution is -2.51. The topological polar surface area (TPSA) is 270 Å². The second kappa shape index (κ2) is 23.2. The summed E-state index contributed by atoms with van der Waals surface area (Å²) in [6.07, 6.45) is 3.42. The number of nitrogens with two attached hydrogens (primary N) is 1. The Balaban J connectivity index is 1.74. The molecule has 0 radical (unpaired) electrons. The number of nitrogens with zero attached hydrogens (tertiary/aromatic N) is 5. The fraction of sp³-hybridized carbons (Fsp3) is 0.800. The summed E-state index contributed by atoms with van der Waals surface area (Å²) in [5, 5.41) is 52.6. The second-order valence-corrected chi connectivity index (χ2v) is 12.8. The van der Waals surface area contributed by atoms with Gasteiger partial charge in [-0.25, -0.2) is 0 Å². The minimum absolute atomic E-state index is 0.0111. The predicted octanol–water partition coefficient (Wildman–Crippen LogP) is -4.03. The van der Waals surface area contributed by atoms with Crippen LogP contribution in [-0.4, -0.2) is 203 Å². The van der Waals surface area contributed by atoms with Crippen LogP contribution in [0.5, 0.6) is 0 Å². The number of hydrogen-bond donors (Lipinski definition) is 8. The number of carbonyl (C=O) groups is 6. The zero-order valence-corrected chi connectivity index (χ0v) is 28.8. The van der Waals surface area contributed by atoms with Crippen LogP contribution in [0.3, 0.4) is 0 Å². The largest absolute Gasteiger partial charge is 0.480 e. The Labute approximate surface area is 292 Å². The van der Waals surface area contributed by atoms with Crippen molar-refractivity contribution in [2.24, 2.45) is 5.73 Å². The van der Waals surface area contributed by atoms with Gasteiger partial charge in [-0.3, -0.25) is 48.4 Å². The molecule has 0 unspecified atom stereocenters. The van der Waals surface area contributed by atoms with Gasteiger partial charge in [0.15, 0.2) is 0 Å². The molecule has 0 aromatic carbocycles. The van der Waals surface area contributed by atoms with E-state index in [0.717, 1.165) is 0 Å². The van der Waals surface area contributed by atoms with E-state index in [-0.39, 0.29) is 83.0 Å². The maximum absolute atomic E-state index is 12.8. The smallest absolute Gasteiger partial charge is 0.475 e. The molecule has 3 amide bonds. The minimum Gasteiger partial charge on any atom is -0.480 e. The summed E-state index contributed by atoms with van der Waals surface area (Å²) in [7, 11) is -1.59. The normalized spacial score (nSPS) is 19.6. The van der Waals surface area contributed by atoms with Gasteiger partial charge in [-0.15, -0.1) is 0 Å². The molecular weight excluding hydrogens is 659 g/mol. The van der Waals surface area contributed by atoms with Gasteiger partial charge in [-0.2, -0.15) is 0 Å². The summed E-state index contributed by atoms with van der Waals surface area (Å²) < 4.78 is 0. The standard InChI is InChI=1S/C30H55BN8O11/c32-23(30(48)39-10-4-6-24(39)31(49)50)5-1-2-8-33-25(40)7-3-9-34-26(41)19-35-11-13-36(20-27(42)43)15-17-38(22-29(46)47)18-16-37(14-12-35)21-28(44)45/h23-24,49-50H,1-22,32H2,(H,33,40)(H,34,41)(H,42,43)(H,44,45)(H,46,47)/t23-,24-/m0/s1. The first-order valence-corrected chi connectivity index (χ1v) is 17.3. The van der Waals surface area contributed by atoms with E-state index < -0.39 is 37.0 Å². The van der Waals surface area contributed by atoms with Gasteiger partial charge < -0.3 is 46.6 Å². The first-order valence-electron chi connectivity index (χ1n) is 17.3. The Hall–Kier alpha value is -3.40. The maximum Gasteiger partial charge on any atom is 0.475 e. The molecule has 0 aliphatic carbocycles. The molecule has 2 heterocycles. The molecule has 19 nitrogen and oxygen atoms in total. The Morgan fingerprint density at radius 2 is 1.08 bits per heavy atom. The molecule has 2 saturated heterocycles. The van der Waals surface area contributed by atoms with E-state index in [1.54, 1.807) is 14.7 Å². The average molecular weight is 715 g/mol. The summed E-state index contributed by atoms with van der Waals surface area (Å²) >= 11 is 0. The lowest BCUT2D eigenvalue weighted by atomic mass is 9.77. The third kappa shape index (κ3) is 17.5. The molecule has 0 aromatic rings.